The monoisotopic (exact) mass is 400 g/mol. The van der Waals surface area contributed by atoms with Crippen molar-refractivity contribution in [1.82, 2.24) is 0 Å². The Morgan fingerprint density at radius 2 is 1.65 bits per heavy atom. The molecule has 0 amide bonds. The molecule has 0 radical (unpaired) electrons. The summed E-state index contributed by atoms with van der Waals surface area (Å²) in [5.41, 5.74) is 0. The van der Waals surface area contributed by atoms with Crippen LogP contribution in [0.5, 0.6) is 0 Å². The van der Waals surface area contributed by atoms with Crippen molar-refractivity contribution >= 4 is 16.4 Å². The van der Waals surface area contributed by atoms with E-state index < -0.39 is 22.5 Å². The van der Waals surface area contributed by atoms with Gasteiger partial charge in [-0.05, 0) is 32.1 Å². The zero-order chi connectivity index (χ0) is 19.0. The summed E-state index contributed by atoms with van der Waals surface area (Å²) in [4.78, 5) is 10.4. The zero-order valence-electron chi connectivity index (χ0n) is 16.3. The summed E-state index contributed by atoms with van der Waals surface area (Å²) < 4.78 is 37.0. The predicted octanol–water partition coefficient (Wildman–Crippen LogP) is 1.57. The Morgan fingerprint density at radius 1 is 1.04 bits per heavy atom. The first-order valence-electron chi connectivity index (χ1n) is 9.36. The minimum absolute atomic E-state index is 0. The van der Waals surface area contributed by atoms with Crippen LogP contribution in [-0.2, 0) is 19.4 Å². The topological polar surface area (TPSA) is 104 Å². The van der Waals surface area contributed by atoms with Crippen LogP contribution in [0, 0.1) is 0 Å². The normalized spacial score (nSPS) is 12.8. The molecule has 0 saturated heterocycles. The average molecular weight is 401 g/mol. The van der Waals surface area contributed by atoms with Gasteiger partial charge in [-0.15, -0.1) is 0 Å². The van der Waals surface area contributed by atoms with Crippen molar-refractivity contribution < 1.29 is 56.6 Å². The minimum atomic E-state index is -4.66. The number of aliphatic carboxylic acids is 1. The van der Waals surface area contributed by atoms with Crippen molar-refractivity contribution in [1.29, 1.82) is 0 Å². The van der Waals surface area contributed by atoms with E-state index in [1.165, 1.54) is 0 Å². The third-order valence-electron chi connectivity index (χ3n) is 3.96. The minimum Gasteiger partial charge on any atom is -0.726 e. The van der Waals surface area contributed by atoms with Gasteiger partial charge in [0, 0.05) is 6.42 Å². The smallest absolute Gasteiger partial charge is 0.726 e. The summed E-state index contributed by atoms with van der Waals surface area (Å²) in [7, 11) is -4.66. The number of carboxylic acid groups (broad SMARTS) is 1. The summed E-state index contributed by atoms with van der Waals surface area (Å²) in [6.45, 7) is 2.10. The molecule has 1 atom stereocenters. The van der Waals surface area contributed by atoms with Crippen LogP contribution in [-0.4, -0.2) is 30.2 Å². The number of rotatable bonds is 17. The summed E-state index contributed by atoms with van der Waals surface area (Å²) in [6.07, 6.45) is 14.3. The van der Waals surface area contributed by atoms with Gasteiger partial charge in [0.25, 0.3) is 0 Å². The molecule has 26 heavy (non-hydrogen) atoms. The molecule has 0 rings (SSSR count). The fraction of sp³-hybridized carbons (Fsp3) is 0.833. The van der Waals surface area contributed by atoms with Gasteiger partial charge in [-0.2, -0.15) is 0 Å². The SMILES string of the molecule is CCCCCCC(CC=CCCCCCCCC(=O)O)OS(=O)(=O)[O-].[Na+]. The molecule has 6 nitrogen and oxygen atoms in total. The van der Waals surface area contributed by atoms with E-state index in [1.54, 1.807) is 0 Å². The van der Waals surface area contributed by atoms with Crippen LogP contribution in [0.4, 0.5) is 0 Å². The van der Waals surface area contributed by atoms with Gasteiger partial charge in [0.15, 0.2) is 0 Å². The number of hydrogen-bond acceptors (Lipinski definition) is 5. The molecule has 8 heteroatoms. The van der Waals surface area contributed by atoms with E-state index in [2.05, 4.69) is 11.1 Å². The van der Waals surface area contributed by atoms with Crippen LogP contribution in [0.15, 0.2) is 12.2 Å². The van der Waals surface area contributed by atoms with Gasteiger partial charge in [0.1, 0.15) is 0 Å². The summed E-state index contributed by atoms with van der Waals surface area (Å²) in [5.74, 6) is -0.741. The average Bonchev–Trinajstić information content (AvgIpc) is 2.51. The Hall–Kier alpha value is 0.0800. The van der Waals surface area contributed by atoms with Gasteiger partial charge in [-0.3, -0.25) is 8.98 Å². The Balaban J connectivity index is 0. The van der Waals surface area contributed by atoms with Gasteiger partial charge in [-0.25, -0.2) is 8.42 Å². The maximum Gasteiger partial charge on any atom is 1.00 e. The quantitative estimate of drug-likeness (QED) is 0.131. The van der Waals surface area contributed by atoms with Crippen LogP contribution < -0.4 is 29.6 Å². The van der Waals surface area contributed by atoms with Crippen LogP contribution in [0.1, 0.15) is 90.4 Å². The van der Waals surface area contributed by atoms with Crippen molar-refractivity contribution in [2.75, 3.05) is 0 Å². The maximum absolute atomic E-state index is 10.8. The van der Waals surface area contributed by atoms with E-state index in [0.29, 0.717) is 12.8 Å². The molecule has 0 spiro atoms. The largest absolute Gasteiger partial charge is 1.00 e. The standard InChI is InChI=1S/C18H34O6S.Na/c1-2-3-4-11-14-17(24-25(21,22)23)15-12-9-7-5-6-8-10-13-16-18(19)20;/h9,12,17H,2-8,10-11,13-16H2,1H3,(H,19,20)(H,21,22,23);/q;+1/p-1. The number of unbranched alkanes of at least 4 members (excludes halogenated alkanes) is 8. The van der Waals surface area contributed by atoms with Gasteiger partial charge in [0.2, 0.25) is 10.4 Å². The third kappa shape index (κ3) is 22.1. The molecule has 1 unspecified atom stereocenters. The molecule has 0 saturated carbocycles. The fourth-order valence-electron chi connectivity index (χ4n) is 2.61. The Labute approximate surface area is 181 Å². The number of hydrogen-bond donors (Lipinski definition) is 1. The maximum atomic E-state index is 10.8. The molecule has 0 bridgehead atoms. The van der Waals surface area contributed by atoms with Gasteiger partial charge < -0.3 is 9.66 Å². The van der Waals surface area contributed by atoms with Crippen molar-refractivity contribution in [3.8, 4) is 0 Å². The first-order valence-corrected chi connectivity index (χ1v) is 10.7. The molecule has 0 aromatic rings. The first kappa shape index (κ1) is 28.3. The van der Waals surface area contributed by atoms with E-state index in [-0.39, 0.29) is 36.0 Å². The molecule has 0 aliphatic carbocycles. The van der Waals surface area contributed by atoms with Gasteiger partial charge in [-0.1, -0.05) is 64.0 Å². The molecule has 148 valence electrons. The summed E-state index contributed by atoms with van der Waals surface area (Å²) in [5, 5.41) is 8.53. The van der Waals surface area contributed by atoms with Crippen LogP contribution in [0.2, 0.25) is 0 Å². The number of carboxylic acids is 1. The number of carbonyl (C=O) groups is 1. The second-order valence-corrected chi connectivity index (χ2v) is 7.39. The van der Waals surface area contributed by atoms with E-state index in [1.807, 2.05) is 12.2 Å². The summed E-state index contributed by atoms with van der Waals surface area (Å²) in [6, 6.07) is 0. The van der Waals surface area contributed by atoms with Crippen molar-refractivity contribution in [3.05, 3.63) is 12.2 Å². The van der Waals surface area contributed by atoms with Crippen LogP contribution in [0.3, 0.4) is 0 Å². The number of allylic oxidation sites excluding steroid dienone is 1. The van der Waals surface area contributed by atoms with Crippen molar-refractivity contribution in [2.45, 2.75) is 96.5 Å². The van der Waals surface area contributed by atoms with E-state index in [9.17, 15) is 17.8 Å². The predicted molar refractivity (Wildman–Crippen MR) is 97.0 cm³/mol. The first-order chi connectivity index (χ1) is 11.8. The second kappa shape index (κ2) is 18.4. The van der Waals surface area contributed by atoms with Crippen LogP contribution in [0.25, 0.3) is 0 Å². The molecule has 0 heterocycles. The second-order valence-electron chi connectivity index (χ2n) is 6.38. The fourth-order valence-corrected chi connectivity index (χ4v) is 3.11. The van der Waals surface area contributed by atoms with E-state index >= 15 is 0 Å². The Morgan fingerprint density at radius 3 is 2.27 bits per heavy atom. The molecule has 0 aromatic carbocycles. The Bertz CT molecular complexity index is 464. The molecule has 0 aliphatic heterocycles. The van der Waals surface area contributed by atoms with Gasteiger partial charge in [0.05, 0.1) is 6.10 Å². The molecule has 0 aliphatic rings. The molecule has 0 fully saturated rings. The Kier molecular flexibility index (Phi) is 20.1. The third-order valence-corrected chi connectivity index (χ3v) is 4.47. The van der Waals surface area contributed by atoms with Gasteiger partial charge >= 0.3 is 35.5 Å². The van der Waals surface area contributed by atoms with Crippen molar-refractivity contribution in [3.63, 3.8) is 0 Å². The molecular weight excluding hydrogens is 367 g/mol. The van der Waals surface area contributed by atoms with E-state index in [4.69, 9.17) is 5.11 Å². The van der Waals surface area contributed by atoms with Crippen molar-refractivity contribution in [2.24, 2.45) is 0 Å². The van der Waals surface area contributed by atoms with Crippen LogP contribution >= 0.6 is 0 Å². The molecular formula is C18H33NaO6S. The summed E-state index contributed by atoms with van der Waals surface area (Å²) >= 11 is 0. The zero-order valence-corrected chi connectivity index (χ0v) is 19.1. The van der Waals surface area contributed by atoms with E-state index in [0.717, 1.165) is 64.2 Å². The molecule has 0 aromatic heterocycles. The molecule has 1 N–H and O–H groups in total.